The molecule has 1 N–H and O–H groups in total. The molecule has 5 rings (SSSR count). The Balaban J connectivity index is 1.62. The fraction of sp³-hybridized carbons (Fsp3) is 0.120. The van der Waals surface area contributed by atoms with Crippen molar-refractivity contribution in [3.63, 3.8) is 0 Å². The minimum Gasteiger partial charge on any atom is -0.310 e. The van der Waals surface area contributed by atoms with Crippen LogP contribution in [0.4, 0.5) is 0 Å². The van der Waals surface area contributed by atoms with Crippen LogP contribution in [0.3, 0.4) is 0 Å². The van der Waals surface area contributed by atoms with Gasteiger partial charge in [-0.1, -0.05) is 72.3 Å². The van der Waals surface area contributed by atoms with E-state index < -0.39 is 0 Å². The van der Waals surface area contributed by atoms with E-state index in [4.69, 9.17) is 4.98 Å². The Morgan fingerprint density at radius 3 is 2.52 bits per heavy atom. The van der Waals surface area contributed by atoms with Crippen LogP contribution < -0.4 is 5.56 Å². The second-order valence-corrected chi connectivity index (χ2v) is 8.61. The zero-order valence-electron chi connectivity index (χ0n) is 16.3. The Morgan fingerprint density at radius 1 is 0.931 bits per heavy atom. The summed E-state index contributed by atoms with van der Waals surface area (Å²) in [5.41, 5.74) is 4.36. The van der Waals surface area contributed by atoms with E-state index in [2.05, 4.69) is 73.4 Å². The summed E-state index contributed by atoms with van der Waals surface area (Å²) >= 11 is 1.59. The molecule has 0 aliphatic carbocycles. The average molecular weight is 397 g/mol. The summed E-state index contributed by atoms with van der Waals surface area (Å²) < 4.78 is 0. The first-order chi connectivity index (χ1) is 14.1. The molecule has 0 amide bonds. The van der Waals surface area contributed by atoms with Crippen molar-refractivity contribution in [3.8, 4) is 11.1 Å². The number of hydrogen-bond acceptors (Lipinski definition) is 3. The molecular weight excluding hydrogens is 376 g/mol. The fourth-order valence-corrected chi connectivity index (χ4v) is 5.01. The zero-order valence-corrected chi connectivity index (χ0v) is 17.1. The number of hydrogen-bond donors (Lipinski definition) is 1. The van der Waals surface area contributed by atoms with Gasteiger partial charge < -0.3 is 4.98 Å². The molecule has 0 atom stereocenters. The summed E-state index contributed by atoms with van der Waals surface area (Å²) in [5.74, 6) is 0.704. The van der Waals surface area contributed by atoms with Gasteiger partial charge in [0.25, 0.3) is 5.56 Å². The molecule has 0 bridgehead atoms. The van der Waals surface area contributed by atoms with E-state index in [1.54, 1.807) is 11.3 Å². The molecule has 0 unspecified atom stereocenters. The third-order valence-electron chi connectivity index (χ3n) is 5.37. The van der Waals surface area contributed by atoms with Crippen molar-refractivity contribution in [3.05, 3.63) is 98.9 Å². The molecule has 142 valence electrons. The van der Waals surface area contributed by atoms with Crippen LogP contribution in [0.1, 0.15) is 21.8 Å². The smallest absolute Gasteiger partial charge is 0.260 e. The van der Waals surface area contributed by atoms with Gasteiger partial charge in [0.05, 0.1) is 5.39 Å². The summed E-state index contributed by atoms with van der Waals surface area (Å²) in [6, 6.07) is 22.9. The van der Waals surface area contributed by atoms with Crippen molar-refractivity contribution < 1.29 is 0 Å². The molecule has 0 fully saturated rings. The summed E-state index contributed by atoms with van der Waals surface area (Å²) in [6.45, 7) is 4.13. The topological polar surface area (TPSA) is 45.8 Å². The van der Waals surface area contributed by atoms with Gasteiger partial charge in [-0.25, -0.2) is 4.98 Å². The molecule has 29 heavy (non-hydrogen) atoms. The largest absolute Gasteiger partial charge is 0.310 e. The predicted molar refractivity (Wildman–Crippen MR) is 122 cm³/mol. The number of thiophene rings is 1. The third-order valence-corrected chi connectivity index (χ3v) is 6.36. The molecule has 0 aliphatic rings. The molecule has 4 heteroatoms. The minimum absolute atomic E-state index is 0.0647. The highest BCUT2D eigenvalue weighted by molar-refractivity contribution is 7.19. The second-order valence-electron chi connectivity index (χ2n) is 7.41. The Hall–Kier alpha value is -3.24. The van der Waals surface area contributed by atoms with E-state index in [0.29, 0.717) is 17.6 Å². The number of nitrogens with zero attached hydrogens (tertiary/aromatic N) is 1. The molecule has 0 saturated carbocycles. The van der Waals surface area contributed by atoms with Gasteiger partial charge in [0.15, 0.2) is 0 Å². The van der Waals surface area contributed by atoms with Crippen LogP contribution in [0.5, 0.6) is 0 Å². The highest BCUT2D eigenvalue weighted by Gasteiger charge is 2.17. The van der Waals surface area contributed by atoms with E-state index in [-0.39, 0.29) is 5.56 Å². The van der Waals surface area contributed by atoms with Gasteiger partial charge in [-0.2, -0.15) is 0 Å². The second kappa shape index (κ2) is 6.98. The van der Waals surface area contributed by atoms with Crippen LogP contribution in [-0.2, 0) is 6.42 Å². The van der Waals surface area contributed by atoms with Crippen LogP contribution in [-0.4, -0.2) is 9.97 Å². The van der Waals surface area contributed by atoms with Gasteiger partial charge in [-0.3, -0.25) is 4.79 Å². The van der Waals surface area contributed by atoms with E-state index in [0.717, 1.165) is 26.4 Å². The monoisotopic (exact) mass is 396 g/mol. The lowest BCUT2D eigenvalue weighted by molar-refractivity contribution is 0.983. The van der Waals surface area contributed by atoms with Gasteiger partial charge in [0, 0.05) is 16.9 Å². The molecule has 0 saturated heterocycles. The van der Waals surface area contributed by atoms with E-state index in [9.17, 15) is 4.79 Å². The van der Waals surface area contributed by atoms with E-state index in [1.807, 2.05) is 12.1 Å². The quantitative estimate of drug-likeness (QED) is 0.406. The van der Waals surface area contributed by atoms with Gasteiger partial charge >= 0.3 is 0 Å². The maximum absolute atomic E-state index is 13.0. The van der Waals surface area contributed by atoms with Crippen LogP contribution >= 0.6 is 11.3 Å². The number of aryl methyl sites for hydroxylation is 2. The highest BCUT2D eigenvalue weighted by atomic mass is 32.1. The first-order valence-electron chi connectivity index (χ1n) is 9.66. The summed E-state index contributed by atoms with van der Waals surface area (Å²) in [7, 11) is 0. The zero-order chi connectivity index (χ0) is 20.0. The lowest BCUT2D eigenvalue weighted by Gasteiger charge is -2.07. The van der Waals surface area contributed by atoms with Crippen molar-refractivity contribution >= 4 is 32.3 Å². The molecule has 3 aromatic carbocycles. The first kappa shape index (κ1) is 17.8. The van der Waals surface area contributed by atoms with Crippen LogP contribution in [0, 0.1) is 13.8 Å². The number of H-pyrrole nitrogens is 1. The normalized spacial score (nSPS) is 11.4. The van der Waals surface area contributed by atoms with E-state index >= 15 is 0 Å². The summed E-state index contributed by atoms with van der Waals surface area (Å²) in [6.07, 6.45) is 0.601. The fourth-order valence-electron chi connectivity index (χ4n) is 3.94. The number of aromatic amines is 1. The predicted octanol–water partition coefficient (Wildman–Crippen LogP) is 6.01. The number of nitrogens with one attached hydrogen (secondary N) is 1. The molecule has 3 nitrogen and oxygen atoms in total. The molecular formula is C25H20N2OS. The number of rotatable bonds is 3. The maximum atomic E-state index is 13.0. The Labute approximate surface area is 172 Å². The van der Waals surface area contributed by atoms with Crippen molar-refractivity contribution in [2.24, 2.45) is 0 Å². The van der Waals surface area contributed by atoms with Crippen molar-refractivity contribution in [2.75, 3.05) is 0 Å². The van der Waals surface area contributed by atoms with Crippen LogP contribution in [0.25, 0.3) is 32.1 Å². The number of benzene rings is 3. The number of aromatic nitrogens is 2. The van der Waals surface area contributed by atoms with Crippen molar-refractivity contribution in [2.45, 2.75) is 20.3 Å². The Bertz CT molecular complexity index is 1410. The van der Waals surface area contributed by atoms with Gasteiger partial charge in [-0.15, -0.1) is 11.3 Å². The van der Waals surface area contributed by atoms with Crippen molar-refractivity contribution in [1.29, 1.82) is 0 Å². The Morgan fingerprint density at radius 2 is 1.69 bits per heavy atom. The number of fused-ring (bicyclic) bond motifs is 2. The lowest BCUT2D eigenvalue weighted by atomic mass is 10.0. The molecule has 0 aliphatic heterocycles. The summed E-state index contributed by atoms with van der Waals surface area (Å²) in [5, 5.41) is 3.08. The third kappa shape index (κ3) is 3.15. The molecule has 5 aromatic rings. The summed E-state index contributed by atoms with van der Waals surface area (Å²) in [4.78, 5) is 22.8. The standard InChI is InChI=1S/C25H20N2OS/c1-15-10-12-18(13-11-15)22-16(2)29-25-23(22)24(28)26-21(27-25)14-19-8-5-7-17-6-3-4-9-20(17)19/h3-13H,14H2,1-2H3,(H,26,27,28). The van der Waals surface area contributed by atoms with Gasteiger partial charge in [-0.05, 0) is 35.7 Å². The molecule has 2 heterocycles. The van der Waals surface area contributed by atoms with Crippen LogP contribution in [0.15, 0.2) is 71.5 Å². The molecule has 0 radical (unpaired) electrons. The Kier molecular flexibility index (Phi) is 4.29. The van der Waals surface area contributed by atoms with Gasteiger partial charge in [0.2, 0.25) is 0 Å². The van der Waals surface area contributed by atoms with Gasteiger partial charge in [0.1, 0.15) is 10.7 Å². The SMILES string of the molecule is Cc1ccc(-c2c(C)sc3nc(Cc4cccc5ccccc45)[nH]c(=O)c23)cc1. The lowest BCUT2D eigenvalue weighted by Crippen LogP contribution is -2.12. The van der Waals surface area contributed by atoms with E-state index in [1.165, 1.54) is 16.3 Å². The first-order valence-corrected chi connectivity index (χ1v) is 10.5. The molecule has 2 aromatic heterocycles. The molecule has 0 spiro atoms. The highest BCUT2D eigenvalue weighted by Crippen LogP contribution is 2.35. The van der Waals surface area contributed by atoms with Crippen molar-refractivity contribution in [1.82, 2.24) is 9.97 Å². The average Bonchev–Trinajstić information content (AvgIpc) is 3.05. The van der Waals surface area contributed by atoms with Crippen LogP contribution in [0.2, 0.25) is 0 Å². The maximum Gasteiger partial charge on any atom is 0.260 e. The minimum atomic E-state index is -0.0647.